The van der Waals surface area contributed by atoms with Gasteiger partial charge in [0, 0.05) is 7.11 Å². The lowest BCUT2D eigenvalue weighted by Gasteiger charge is -2.28. The second-order valence-electron chi connectivity index (χ2n) is 4.98. The van der Waals surface area contributed by atoms with Crippen LogP contribution in [-0.2, 0) is 14.3 Å². The first-order chi connectivity index (χ1) is 10.3. The van der Waals surface area contributed by atoms with Gasteiger partial charge in [-0.25, -0.2) is 4.39 Å². The maximum Gasteiger partial charge on any atom is 0.305 e. The molecule has 8 heteroatoms. The monoisotopic (exact) mass is 333 g/mol. The van der Waals surface area contributed by atoms with Gasteiger partial charge in [-0.15, -0.1) is 0 Å². The minimum Gasteiger partial charge on any atom is -0.482 e. The first-order valence-corrected chi connectivity index (χ1v) is 6.73. The van der Waals surface area contributed by atoms with Crippen molar-refractivity contribution in [2.24, 2.45) is 0 Å². The van der Waals surface area contributed by atoms with Crippen LogP contribution in [-0.4, -0.2) is 42.8 Å². The van der Waals surface area contributed by atoms with E-state index in [2.05, 4.69) is 5.32 Å². The number of carbonyl (C=O) groups is 2. The van der Waals surface area contributed by atoms with Gasteiger partial charge in [0.15, 0.2) is 6.61 Å². The molecule has 1 aromatic carbocycles. The van der Waals surface area contributed by atoms with E-state index in [1.807, 2.05) is 0 Å². The summed E-state index contributed by atoms with van der Waals surface area (Å²) in [6, 6.07) is 3.52. The molecule has 1 unspecified atom stereocenters. The molecule has 1 atom stereocenters. The molecule has 0 heterocycles. The van der Waals surface area contributed by atoms with Crippen LogP contribution in [0.4, 0.5) is 4.39 Å². The fourth-order valence-corrected chi connectivity index (χ4v) is 2.11. The number of hydrogen-bond donors (Lipinski definition) is 2. The van der Waals surface area contributed by atoms with Gasteiger partial charge in [0.05, 0.1) is 23.6 Å². The molecule has 0 fully saturated rings. The normalized spacial score (nSPS) is 13.3. The van der Waals surface area contributed by atoms with Crippen molar-refractivity contribution in [3.63, 3.8) is 0 Å². The maximum absolute atomic E-state index is 12.9. The number of carboxylic acid groups (broad SMARTS) is 1. The van der Waals surface area contributed by atoms with Gasteiger partial charge in [-0.1, -0.05) is 11.6 Å². The number of halogens is 2. The SMILES string of the molecule is COCC(C)(CC(=O)O)NC(=O)COc1ccc(F)cc1Cl. The van der Waals surface area contributed by atoms with Crippen LogP contribution in [0.5, 0.6) is 5.75 Å². The highest BCUT2D eigenvalue weighted by Crippen LogP contribution is 2.24. The Balaban J connectivity index is 2.62. The third-order valence-corrected chi connectivity index (χ3v) is 2.99. The van der Waals surface area contributed by atoms with Crippen molar-refractivity contribution in [2.45, 2.75) is 18.9 Å². The van der Waals surface area contributed by atoms with Crippen LogP contribution in [0.25, 0.3) is 0 Å². The van der Waals surface area contributed by atoms with E-state index in [9.17, 15) is 14.0 Å². The van der Waals surface area contributed by atoms with Crippen LogP contribution in [0.15, 0.2) is 18.2 Å². The number of ether oxygens (including phenoxy) is 2. The quantitative estimate of drug-likeness (QED) is 0.758. The van der Waals surface area contributed by atoms with E-state index in [1.165, 1.54) is 13.2 Å². The highest BCUT2D eigenvalue weighted by molar-refractivity contribution is 6.32. The van der Waals surface area contributed by atoms with Gasteiger partial charge < -0.3 is 19.9 Å². The van der Waals surface area contributed by atoms with E-state index in [0.29, 0.717) is 0 Å². The number of nitrogens with one attached hydrogen (secondary N) is 1. The Morgan fingerprint density at radius 3 is 2.68 bits per heavy atom. The van der Waals surface area contributed by atoms with Gasteiger partial charge in [-0.05, 0) is 25.1 Å². The molecule has 1 aromatic rings. The molecule has 0 aliphatic rings. The molecule has 0 saturated heterocycles. The molecular weight excluding hydrogens is 317 g/mol. The molecule has 0 aliphatic heterocycles. The average Bonchev–Trinajstić information content (AvgIpc) is 2.36. The van der Waals surface area contributed by atoms with Crippen LogP contribution in [0.1, 0.15) is 13.3 Å². The Morgan fingerprint density at radius 1 is 1.45 bits per heavy atom. The van der Waals surface area contributed by atoms with E-state index in [4.69, 9.17) is 26.2 Å². The van der Waals surface area contributed by atoms with Crippen molar-refractivity contribution in [1.82, 2.24) is 5.32 Å². The van der Waals surface area contributed by atoms with Crippen molar-refractivity contribution in [1.29, 1.82) is 0 Å². The third-order valence-electron chi connectivity index (χ3n) is 2.70. The number of methoxy groups -OCH3 is 1. The molecule has 0 aliphatic carbocycles. The summed E-state index contributed by atoms with van der Waals surface area (Å²) in [6.07, 6.45) is -0.302. The minimum atomic E-state index is -1.07. The van der Waals surface area contributed by atoms with Crippen molar-refractivity contribution < 1.29 is 28.6 Å². The molecule has 1 amide bonds. The van der Waals surface area contributed by atoms with Crippen LogP contribution in [0, 0.1) is 5.82 Å². The summed E-state index contributed by atoms with van der Waals surface area (Å²) in [4.78, 5) is 22.7. The Bertz CT molecular complexity index is 554. The second-order valence-corrected chi connectivity index (χ2v) is 5.38. The molecule has 0 radical (unpaired) electrons. The van der Waals surface area contributed by atoms with Gasteiger partial charge >= 0.3 is 5.97 Å². The number of aliphatic carboxylic acids is 1. The highest BCUT2D eigenvalue weighted by atomic mass is 35.5. The lowest BCUT2D eigenvalue weighted by Crippen LogP contribution is -2.52. The number of rotatable bonds is 8. The number of hydrogen-bond acceptors (Lipinski definition) is 4. The zero-order valence-corrected chi connectivity index (χ0v) is 12.9. The standard InChI is InChI=1S/C14H17ClFNO5/c1-14(8-21-2,6-13(19)20)17-12(18)7-22-11-4-3-9(16)5-10(11)15/h3-5H,6-8H2,1-2H3,(H,17,18)(H,19,20). The largest absolute Gasteiger partial charge is 0.482 e. The summed E-state index contributed by atoms with van der Waals surface area (Å²) in [5.41, 5.74) is -1.06. The zero-order valence-electron chi connectivity index (χ0n) is 12.2. The predicted octanol–water partition coefficient (Wildman–Crippen LogP) is 1.85. The fourth-order valence-electron chi connectivity index (χ4n) is 1.89. The fraction of sp³-hybridized carbons (Fsp3) is 0.429. The van der Waals surface area contributed by atoms with E-state index in [0.717, 1.165) is 12.1 Å². The van der Waals surface area contributed by atoms with E-state index in [1.54, 1.807) is 6.92 Å². The van der Waals surface area contributed by atoms with Crippen LogP contribution < -0.4 is 10.1 Å². The van der Waals surface area contributed by atoms with E-state index in [-0.39, 0.29) is 30.4 Å². The first-order valence-electron chi connectivity index (χ1n) is 6.35. The Morgan fingerprint density at radius 2 is 2.14 bits per heavy atom. The molecule has 0 spiro atoms. The average molecular weight is 334 g/mol. The predicted molar refractivity (Wildman–Crippen MR) is 77.6 cm³/mol. The third kappa shape index (κ3) is 5.87. The summed E-state index contributed by atoms with van der Waals surface area (Å²) in [7, 11) is 1.40. The maximum atomic E-state index is 12.9. The zero-order chi connectivity index (χ0) is 16.8. The number of benzene rings is 1. The summed E-state index contributed by atoms with van der Waals surface area (Å²) >= 11 is 5.77. The van der Waals surface area contributed by atoms with Gasteiger partial charge in [0.25, 0.3) is 5.91 Å². The number of carboxylic acids is 1. The molecule has 0 aromatic heterocycles. The molecule has 1 rings (SSSR count). The molecule has 0 saturated carbocycles. The number of amides is 1. The molecular formula is C14H17ClFNO5. The topological polar surface area (TPSA) is 84.9 Å². The van der Waals surface area contributed by atoms with Crippen LogP contribution >= 0.6 is 11.6 Å². The Hall–Kier alpha value is -1.86. The smallest absolute Gasteiger partial charge is 0.305 e. The van der Waals surface area contributed by atoms with Gasteiger partial charge in [0.1, 0.15) is 11.6 Å². The number of carbonyl (C=O) groups excluding carboxylic acids is 1. The van der Waals surface area contributed by atoms with Crippen molar-refractivity contribution in [3.8, 4) is 5.75 Å². The summed E-state index contributed by atoms with van der Waals surface area (Å²) < 4.78 is 23.0. The van der Waals surface area contributed by atoms with E-state index < -0.39 is 23.2 Å². The first kappa shape index (κ1) is 18.2. The Kier molecular flexibility index (Phi) is 6.58. The molecule has 22 heavy (non-hydrogen) atoms. The molecule has 6 nitrogen and oxygen atoms in total. The van der Waals surface area contributed by atoms with Gasteiger partial charge in [-0.3, -0.25) is 9.59 Å². The van der Waals surface area contributed by atoms with Crippen LogP contribution in [0.3, 0.4) is 0 Å². The summed E-state index contributed by atoms with van der Waals surface area (Å²) in [5, 5.41) is 11.4. The van der Waals surface area contributed by atoms with Crippen molar-refractivity contribution >= 4 is 23.5 Å². The van der Waals surface area contributed by atoms with Gasteiger partial charge in [-0.2, -0.15) is 0 Å². The molecule has 0 bridgehead atoms. The highest BCUT2D eigenvalue weighted by Gasteiger charge is 2.29. The lowest BCUT2D eigenvalue weighted by molar-refractivity contribution is -0.139. The molecule has 2 N–H and O–H groups in total. The van der Waals surface area contributed by atoms with Gasteiger partial charge in [0.2, 0.25) is 0 Å². The van der Waals surface area contributed by atoms with E-state index >= 15 is 0 Å². The lowest BCUT2D eigenvalue weighted by atomic mass is 9.99. The minimum absolute atomic E-state index is 0.0301. The molecule has 122 valence electrons. The van der Waals surface area contributed by atoms with Crippen molar-refractivity contribution in [3.05, 3.63) is 29.0 Å². The Labute approximate surface area is 132 Å². The van der Waals surface area contributed by atoms with Crippen LogP contribution in [0.2, 0.25) is 5.02 Å². The summed E-state index contributed by atoms with van der Waals surface area (Å²) in [5.74, 6) is -1.97. The second kappa shape index (κ2) is 7.95. The van der Waals surface area contributed by atoms with Crippen molar-refractivity contribution in [2.75, 3.05) is 20.3 Å². The summed E-state index contributed by atoms with van der Waals surface area (Å²) in [6.45, 7) is 1.19.